The number of benzene rings is 2. The third kappa shape index (κ3) is 4.44. The third-order valence-corrected chi connectivity index (χ3v) is 4.44. The molecule has 1 fully saturated rings. The molecule has 0 aromatic heterocycles. The number of para-hydroxylation sites is 1. The summed E-state index contributed by atoms with van der Waals surface area (Å²) >= 11 is 0. The van der Waals surface area contributed by atoms with Crippen molar-refractivity contribution in [1.29, 1.82) is 0 Å². The highest BCUT2D eigenvalue weighted by molar-refractivity contribution is 5.96. The van der Waals surface area contributed by atoms with Crippen LogP contribution in [0.4, 0.5) is 17.1 Å². The Hall–Kier alpha value is -2.69. The van der Waals surface area contributed by atoms with Crippen LogP contribution < -0.4 is 20.7 Å². The van der Waals surface area contributed by atoms with Crippen LogP contribution in [-0.2, 0) is 4.79 Å². The molecule has 3 N–H and O–H groups in total. The van der Waals surface area contributed by atoms with Crippen molar-refractivity contribution in [3.8, 4) is 5.75 Å². The lowest BCUT2D eigenvalue weighted by atomic mass is 10.1. The van der Waals surface area contributed by atoms with Crippen molar-refractivity contribution in [2.45, 2.75) is 26.2 Å². The predicted octanol–water partition coefficient (Wildman–Crippen LogP) is 3.59. The summed E-state index contributed by atoms with van der Waals surface area (Å²) < 4.78 is 5.63. The average molecular weight is 339 g/mol. The minimum absolute atomic E-state index is 0.0287. The van der Waals surface area contributed by atoms with Crippen LogP contribution in [0.15, 0.2) is 42.5 Å². The van der Waals surface area contributed by atoms with Crippen molar-refractivity contribution in [2.24, 2.45) is 0 Å². The van der Waals surface area contributed by atoms with Gasteiger partial charge < -0.3 is 20.7 Å². The molecule has 1 aliphatic heterocycles. The van der Waals surface area contributed by atoms with Gasteiger partial charge in [0.15, 0.2) is 6.61 Å². The van der Waals surface area contributed by atoms with Crippen LogP contribution in [0.3, 0.4) is 0 Å². The average Bonchev–Trinajstić information content (AvgIpc) is 2.62. The molecule has 0 spiro atoms. The summed E-state index contributed by atoms with van der Waals surface area (Å²) in [6, 6.07) is 13.3. The molecular formula is C20H25N3O2. The second-order valence-electron chi connectivity index (χ2n) is 6.43. The monoisotopic (exact) mass is 339 g/mol. The van der Waals surface area contributed by atoms with E-state index in [0.29, 0.717) is 5.69 Å². The van der Waals surface area contributed by atoms with Crippen molar-refractivity contribution in [2.75, 3.05) is 35.6 Å². The highest BCUT2D eigenvalue weighted by Crippen LogP contribution is 2.30. The molecular weight excluding hydrogens is 314 g/mol. The van der Waals surface area contributed by atoms with Crippen molar-refractivity contribution in [3.63, 3.8) is 0 Å². The second-order valence-corrected chi connectivity index (χ2v) is 6.43. The molecule has 0 bridgehead atoms. The number of anilines is 3. The maximum absolute atomic E-state index is 12.3. The van der Waals surface area contributed by atoms with Gasteiger partial charge in [-0.2, -0.15) is 0 Å². The van der Waals surface area contributed by atoms with Crippen LogP contribution in [0.2, 0.25) is 0 Å². The van der Waals surface area contributed by atoms with Crippen molar-refractivity contribution < 1.29 is 9.53 Å². The minimum Gasteiger partial charge on any atom is -0.483 e. The number of nitrogens with one attached hydrogen (secondary N) is 1. The number of nitrogens with zero attached hydrogens (tertiary/aromatic N) is 1. The van der Waals surface area contributed by atoms with Crippen LogP contribution in [0, 0.1) is 6.92 Å². The molecule has 2 aromatic rings. The Morgan fingerprint density at radius 1 is 1.16 bits per heavy atom. The van der Waals surface area contributed by atoms with E-state index in [9.17, 15) is 4.79 Å². The van der Waals surface area contributed by atoms with Crippen LogP contribution >= 0.6 is 0 Å². The van der Waals surface area contributed by atoms with E-state index in [1.54, 1.807) is 0 Å². The van der Waals surface area contributed by atoms with Gasteiger partial charge in [-0.05, 0) is 56.0 Å². The Morgan fingerprint density at radius 3 is 2.68 bits per heavy atom. The zero-order chi connectivity index (χ0) is 17.6. The van der Waals surface area contributed by atoms with E-state index in [1.165, 1.54) is 19.3 Å². The highest BCUT2D eigenvalue weighted by Gasteiger charge is 2.16. The summed E-state index contributed by atoms with van der Waals surface area (Å²) in [5.74, 6) is 0.536. The number of piperidine rings is 1. The van der Waals surface area contributed by atoms with Gasteiger partial charge in [0, 0.05) is 18.8 Å². The summed E-state index contributed by atoms with van der Waals surface area (Å²) in [7, 11) is 0. The fourth-order valence-corrected chi connectivity index (χ4v) is 3.11. The molecule has 1 heterocycles. The smallest absolute Gasteiger partial charge is 0.262 e. The maximum Gasteiger partial charge on any atom is 0.262 e. The lowest BCUT2D eigenvalue weighted by Gasteiger charge is -2.30. The van der Waals surface area contributed by atoms with Gasteiger partial charge in [0.05, 0.1) is 11.4 Å². The van der Waals surface area contributed by atoms with Gasteiger partial charge in [-0.15, -0.1) is 0 Å². The third-order valence-electron chi connectivity index (χ3n) is 4.44. The molecule has 1 saturated heterocycles. The molecule has 1 amide bonds. The number of carbonyl (C=O) groups excluding carboxylic acids is 1. The maximum atomic E-state index is 12.3. The number of hydrogen-bond acceptors (Lipinski definition) is 4. The first kappa shape index (κ1) is 17.1. The van der Waals surface area contributed by atoms with E-state index in [1.807, 2.05) is 49.4 Å². The van der Waals surface area contributed by atoms with E-state index in [0.717, 1.165) is 35.8 Å². The summed E-state index contributed by atoms with van der Waals surface area (Å²) in [5.41, 5.74) is 9.34. The molecule has 2 aromatic carbocycles. The topological polar surface area (TPSA) is 67.6 Å². The van der Waals surface area contributed by atoms with Gasteiger partial charge in [0.25, 0.3) is 5.91 Å². The van der Waals surface area contributed by atoms with Crippen LogP contribution in [-0.4, -0.2) is 25.6 Å². The number of nitrogens with two attached hydrogens (primary N) is 1. The lowest BCUT2D eigenvalue weighted by Crippen LogP contribution is -2.31. The zero-order valence-corrected chi connectivity index (χ0v) is 14.6. The standard InChI is InChI=1S/C20H25N3O2/c1-15-7-3-4-8-19(15)25-14-20(24)22-17-13-16(21)9-10-18(17)23-11-5-2-6-12-23/h3-4,7-10,13H,2,5-6,11-12,14,21H2,1H3,(H,22,24). The first-order valence-corrected chi connectivity index (χ1v) is 8.76. The van der Waals surface area contributed by atoms with Gasteiger partial charge >= 0.3 is 0 Å². The Labute approximate surface area is 148 Å². The number of ether oxygens (including phenoxy) is 1. The summed E-state index contributed by atoms with van der Waals surface area (Å²) in [4.78, 5) is 14.7. The Bertz CT molecular complexity index is 739. The zero-order valence-electron chi connectivity index (χ0n) is 14.6. The number of amides is 1. The van der Waals surface area contributed by atoms with Crippen LogP contribution in [0.25, 0.3) is 0 Å². The van der Waals surface area contributed by atoms with E-state index in [2.05, 4.69) is 10.2 Å². The number of carbonyl (C=O) groups is 1. The molecule has 25 heavy (non-hydrogen) atoms. The molecule has 0 saturated carbocycles. The van der Waals surface area contributed by atoms with E-state index in [-0.39, 0.29) is 12.5 Å². The molecule has 5 heteroatoms. The molecule has 1 aliphatic rings. The predicted molar refractivity (Wildman–Crippen MR) is 102 cm³/mol. The molecule has 0 aliphatic carbocycles. The minimum atomic E-state index is -0.188. The van der Waals surface area contributed by atoms with Gasteiger partial charge in [0.2, 0.25) is 0 Å². The first-order chi connectivity index (χ1) is 12.1. The SMILES string of the molecule is Cc1ccccc1OCC(=O)Nc1cc(N)ccc1N1CCCCC1. The van der Waals surface area contributed by atoms with Crippen molar-refractivity contribution >= 4 is 23.0 Å². The fraction of sp³-hybridized carbons (Fsp3) is 0.350. The number of rotatable bonds is 5. The molecule has 0 atom stereocenters. The highest BCUT2D eigenvalue weighted by atomic mass is 16.5. The van der Waals surface area contributed by atoms with E-state index < -0.39 is 0 Å². The molecule has 132 valence electrons. The fourth-order valence-electron chi connectivity index (χ4n) is 3.11. The van der Waals surface area contributed by atoms with Gasteiger partial charge in [-0.3, -0.25) is 4.79 Å². The summed E-state index contributed by atoms with van der Waals surface area (Å²) in [6.07, 6.45) is 3.61. The van der Waals surface area contributed by atoms with Crippen molar-refractivity contribution in [1.82, 2.24) is 0 Å². The Balaban J connectivity index is 1.68. The van der Waals surface area contributed by atoms with E-state index >= 15 is 0 Å². The molecule has 3 rings (SSSR count). The van der Waals surface area contributed by atoms with Gasteiger partial charge in [-0.25, -0.2) is 0 Å². The quantitative estimate of drug-likeness (QED) is 0.817. The van der Waals surface area contributed by atoms with E-state index in [4.69, 9.17) is 10.5 Å². The summed E-state index contributed by atoms with van der Waals surface area (Å²) in [6.45, 7) is 3.94. The normalized spacial score (nSPS) is 14.2. The summed E-state index contributed by atoms with van der Waals surface area (Å²) in [5, 5.41) is 2.95. The molecule has 0 unspecified atom stereocenters. The van der Waals surface area contributed by atoms with Gasteiger partial charge in [-0.1, -0.05) is 18.2 Å². The second kappa shape index (κ2) is 7.92. The first-order valence-electron chi connectivity index (χ1n) is 8.76. The van der Waals surface area contributed by atoms with Crippen LogP contribution in [0.1, 0.15) is 24.8 Å². The number of hydrogen-bond donors (Lipinski definition) is 2. The molecule has 0 radical (unpaired) electrons. The Kier molecular flexibility index (Phi) is 5.43. The number of nitrogen functional groups attached to an aromatic ring is 1. The Morgan fingerprint density at radius 2 is 1.92 bits per heavy atom. The van der Waals surface area contributed by atoms with Gasteiger partial charge in [0.1, 0.15) is 5.75 Å². The largest absolute Gasteiger partial charge is 0.483 e. The number of aryl methyl sites for hydroxylation is 1. The van der Waals surface area contributed by atoms with Crippen molar-refractivity contribution in [3.05, 3.63) is 48.0 Å². The van der Waals surface area contributed by atoms with Crippen LogP contribution in [0.5, 0.6) is 5.75 Å². The lowest BCUT2D eigenvalue weighted by molar-refractivity contribution is -0.118. The molecule has 5 nitrogen and oxygen atoms in total.